The van der Waals surface area contributed by atoms with Crippen LogP contribution in [-0.2, 0) is 13.1 Å². The number of hydrogen-bond acceptors (Lipinski definition) is 5. The lowest BCUT2D eigenvalue weighted by molar-refractivity contribution is 0.240. The van der Waals surface area contributed by atoms with Gasteiger partial charge in [-0.25, -0.2) is 9.78 Å². The predicted octanol–water partition coefficient (Wildman–Crippen LogP) is 2.55. The number of aromatic nitrogens is 1. The number of amides is 2. The second-order valence-electron chi connectivity index (χ2n) is 5.87. The van der Waals surface area contributed by atoms with E-state index in [9.17, 15) is 4.79 Å². The normalized spacial score (nSPS) is 10.2. The molecular formula is C19H26N4O3. The Bertz CT molecular complexity index is 717. The molecule has 0 fully saturated rings. The van der Waals surface area contributed by atoms with Gasteiger partial charge in [0.05, 0.1) is 13.7 Å². The van der Waals surface area contributed by atoms with Gasteiger partial charge >= 0.3 is 6.03 Å². The van der Waals surface area contributed by atoms with Crippen LogP contribution < -0.4 is 25.0 Å². The maximum absolute atomic E-state index is 12.0. The largest absolute Gasteiger partial charge is 0.493 e. The van der Waals surface area contributed by atoms with Crippen molar-refractivity contribution in [3.05, 3.63) is 47.7 Å². The number of pyridine rings is 1. The standard InChI is InChI=1S/C19H26N4O3/c1-5-26-16-8-6-14(10-17(16)25-4)11-21-19(24)22-13-15-7-9-18(20-12-15)23(2)3/h6-10,12H,5,11,13H2,1-4H3,(H2,21,22,24). The third kappa shape index (κ3) is 5.54. The highest BCUT2D eigenvalue weighted by Crippen LogP contribution is 2.27. The van der Waals surface area contributed by atoms with E-state index < -0.39 is 0 Å². The lowest BCUT2D eigenvalue weighted by Crippen LogP contribution is -2.34. The molecule has 1 heterocycles. The summed E-state index contributed by atoms with van der Waals surface area (Å²) in [5, 5.41) is 5.65. The molecule has 1 aromatic carbocycles. The Kier molecular flexibility index (Phi) is 7.08. The SMILES string of the molecule is CCOc1ccc(CNC(=O)NCc2ccc(N(C)C)nc2)cc1OC. The minimum absolute atomic E-state index is 0.241. The van der Waals surface area contributed by atoms with E-state index in [1.165, 1.54) is 0 Å². The number of nitrogens with one attached hydrogen (secondary N) is 2. The van der Waals surface area contributed by atoms with Gasteiger partial charge in [0, 0.05) is 33.4 Å². The zero-order chi connectivity index (χ0) is 18.9. The number of hydrogen-bond donors (Lipinski definition) is 2. The number of nitrogens with zero attached hydrogens (tertiary/aromatic N) is 2. The molecule has 7 heteroatoms. The summed E-state index contributed by atoms with van der Waals surface area (Å²) in [6.07, 6.45) is 1.76. The molecule has 2 amide bonds. The molecule has 2 rings (SSSR count). The average Bonchev–Trinajstić information content (AvgIpc) is 2.66. The van der Waals surface area contributed by atoms with Crippen LogP contribution in [-0.4, -0.2) is 38.8 Å². The molecule has 0 saturated carbocycles. The van der Waals surface area contributed by atoms with Crippen LogP contribution in [0.2, 0.25) is 0 Å². The molecule has 0 aliphatic rings. The van der Waals surface area contributed by atoms with Crippen LogP contribution in [0.4, 0.5) is 10.6 Å². The minimum Gasteiger partial charge on any atom is -0.493 e. The highest BCUT2D eigenvalue weighted by Gasteiger charge is 2.07. The highest BCUT2D eigenvalue weighted by atomic mass is 16.5. The summed E-state index contributed by atoms with van der Waals surface area (Å²) in [5.41, 5.74) is 1.87. The molecule has 26 heavy (non-hydrogen) atoms. The molecule has 7 nitrogen and oxygen atoms in total. The quantitative estimate of drug-likeness (QED) is 0.758. The van der Waals surface area contributed by atoms with E-state index in [-0.39, 0.29) is 6.03 Å². The number of anilines is 1. The van der Waals surface area contributed by atoms with Gasteiger partial charge in [-0.3, -0.25) is 0 Å². The number of ether oxygens (including phenoxy) is 2. The maximum atomic E-state index is 12.0. The summed E-state index contributed by atoms with van der Waals surface area (Å²) in [7, 11) is 5.46. The number of methoxy groups -OCH3 is 1. The van der Waals surface area contributed by atoms with Gasteiger partial charge in [0.25, 0.3) is 0 Å². The van der Waals surface area contributed by atoms with Crippen molar-refractivity contribution in [1.82, 2.24) is 15.6 Å². The van der Waals surface area contributed by atoms with E-state index in [1.54, 1.807) is 13.3 Å². The summed E-state index contributed by atoms with van der Waals surface area (Å²) < 4.78 is 10.8. The molecule has 2 N–H and O–H groups in total. The van der Waals surface area contributed by atoms with Crippen LogP contribution in [0.3, 0.4) is 0 Å². The van der Waals surface area contributed by atoms with Gasteiger partial charge < -0.3 is 25.0 Å². The Morgan fingerprint density at radius 1 is 1.08 bits per heavy atom. The zero-order valence-electron chi connectivity index (χ0n) is 15.7. The topological polar surface area (TPSA) is 75.7 Å². The average molecular weight is 358 g/mol. The van der Waals surface area contributed by atoms with E-state index in [4.69, 9.17) is 9.47 Å². The zero-order valence-corrected chi connectivity index (χ0v) is 15.7. The first kappa shape index (κ1) is 19.4. The summed E-state index contributed by atoms with van der Waals surface area (Å²) >= 11 is 0. The van der Waals surface area contributed by atoms with Gasteiger partial charge in [-0.15, -0.1) is 0 Å². The fourth-order valence-corrected chi connectivity index (χ4v) is 2.31. The molecular weight excluding hydrogens is 332 g/mol. The van der Waals surface area contributed by atoms with Gasteiger partial charge in [0.1, 0.15) is 5.82 Å². The van der Waals surface area contributed by atoms with Crippen LogP contribution in [0, 0.1) is 0 Å². The summed E-state index contributed by atoms with van der Waals surface area (Å²) in [4.78, 5) is 18.2. The van der Waals surface area contributed by atoms with Crippen molar-refractivity contribution in [2.45, 2.75) is 20.0 Å². The Labute approximate surface area is 154 Å². The van der Waals surface area contributed by atoms with Crippen LogP contribution in [0.5, 0.6) is 11.5 Å². The van der Waals surface area contributed by atoms with E-state index in [1.807, 2.05) is 56.3 Å². The van der Waals surface area contributed by atoms with Crippen molar-refractivity contribution in [3.63, 3.8) is 0 Å². The highest BCUT2D eigenvalue weighted by molar-refractivity contribution is 5.73. The van der Waals surface area contributed by atoms with Crippen molar-refractivity contribution in [3.8, 4) is 11.5 Å². The van der Waals surface area contributed by atoms with Gasteiger partial charge in [0.15, 0.2) is 11.5 Å². The molecule has 140 valence electrons. The number of benzene rings is 1. The van der Waals surface area contributed by atoms with Crippen molar-refractivity contribution in [2.75, 3.05) is 32.7 Å². The van der Waals surface area contributed by atoms with Crippen LogP contribution in [0.15, 0.2) is 36.5 Å². The lowest BCUT2D eigenvalue weighted by atomic mass is 10.2. The number of rotatable bonds is 8. The smallest absolute Gasteiger partial charge is 0.315 e. The Morgan fingerprint density at radius 3 is 2.35 bits per heavy atom. The maximum Gasteiger partial charge on any atom is 0.315 e. The number of urea groups is 1. The minimum atomic E-state index is -0.241. The predicted molar refractivity (Wildman–Crippen MR) is 102 cm³/mol. The summed E-state index contributed by atoms with van der Waals surface area (Å²) in [6, 6.07) is 9.22. The van der Waals surface area contributed by atoms with Crippen molar-refractivity contribution >= 4 is 11.8 Å². The third-order valence-corrected chi connectivity index (χ3v) is 3.70. The molecule has 0 saturated heterocycles. The number of carbonyl (C=O) groups is 1. The van der Waals surface area contributed by atoms with E-state index in [0.717, 1.165) is 16.9 Å². The number of carbonyl (C=O) groups excluding carboxylic acids is 1. The molecule has 0 spiro atoms. The van der Waals surface area contributed by atoms with Crippen molar-refractivity contribution < 1.29 is 14.3 Å². The molecule has 0 radical (unpaired) electrons. The fraction of sp³-hybridized carbons (Fsp3) is 0.368. The summed E-state index contributed by atoms with van der Waals surface area (Å²) in [5.74, 6) is 2.22. The first-order valence-electron chi connectivity index (χ1n) is 8.47. The molecule has 0 aliphatic heterocycles. The second kappa shape index (κ2) is 9.50. The van der Waals surface area contributed by atoms with Crippen LogP contribution >= 0.6 is 0 Å². The monoisotopic (exact) mass is 358 g/mol. The van der Waals surface area contributed by atoms with Crippen molar-refractivity contribution in [1.29, 1.82) is 0 Å². The molecule has 0 aliphatic carbocycles. The lowest BCUT2D eigenvalue weighted by Gasteiger charge is -2.13. The molecule has 0 atom stereocenters. The van der Waals surface area contributed by atoms with Crippen LogP contribution in [0.25, 0.3) is 0 Å². The third-order valence-electron chi connectivity index (χ3n) is 3.70. The molecule has 0 unspecified atom stereocenters. The Balaban J connectivity index is 1.83. The van der Waals surface area contributed by atoms with E-state index in [0.29, 0.717) is 31.2 Å². The Hall–Kier alpha value is -2.96. The summed E-state index contributed by atoms with van der Waals surface area (Å²) in [6.45, 7) is 3.30. The Morgan fingerprint density at radius 2 is 1.77 bits per heavy atom. The van der Waals surface area contributed by atoms with Crippen molar-refractivity contribution in [2.24, 2.45) is 0 Å². The molecule has 2 aromatic rings. The first-order chi connectivity index (χ1) is 12.5. The van der Waals surface area contributed by atoms with Crippen LogP contribution in [0.1, 0.15) is 18.1 Å². The van der Waals surface area contributed by atoms with Gasteiger partial charge in [-0.1, -0.05) is 12.1 Å². The van der Waals surface area contributed by atoms with E-state index >= 15 is 0 Å². The van der Waals surface area contributed by atoms with Gasteiger partial charge in [0.2, 0.25) is 0 Å². The van der Waals surface area contributed by atoms with E-state index in [2.05, 4.69) is 15.6 Å². The van der Waals surface area contributed by atoms with Gasteiger partial charge in [-0.05, 0) is 36.2 Å². The first-order valence-corrected chi connectivity index (χ1v) is 8.47. The second-order valence-corrected chi connectivity index (χ2v) is 5.87. The fourth-order valence-electron chi connectivity index (χ4n) is 2.31. The molecule has 0 bridgehead atoms. The van der Waals surface area contributed by atoms with Gasteiger partial charge in [-0.2, -0.15) is 0 Å². The molecule has 1 aromatic heterocycles.